The molecule has 1 fully saturated rings. The topological polar surface area (TPSA) is 52.6 Å². The molecule has 110 valence electrons. The van der Waals surface area contributed by atoms with E-state index in [1.54, 1.807) is 26.1 Å². The highest BCUT2D eigenvalue weighted by Gasteiger charge is 2.26. The van der Waals surface area contributed by atoms with Gasteiger partial charge in [-0.1, -0.05) is 6.07 Å². The van der Waals surface area contributed by atoms with E-state index in [9.17, 15) is 14.3 Å². The molecule has 4 nitrogen and oxygen atoms in total. The largest absolute Gasteiger partial charge is 0.389 e. The normalized spacial score (nSPS) is 20.6. The van der Waals surface area contributed by atoms with E-state index < -0.39 is 6.10 Å². The molecule has 2 atom stereocenters. The van der Waals surface area contributed by atoms with Crippen LogP contribution in [-0.4, -0.2) is 31.2 Å². The molecule has 2 N–H and O–H groups in total. The SMILES string of the molecule is CNC(=O)C1CCCN(c2ccc(C(C)O)cc2F)C1. The summed E-state index contributed by atoms with van der Waals surface area (Å²) >= 11 is 0. The lowest BCUT2D eigenvalue weighted by Gasteiger charge is -2.33. The molecule has 1 heterocycles. The Hall–Kier alpha value is -1.62. The van der Waals surface area contributed by atoms with Crippen LogP contribution in [0.2, 0.25) is 0 Å². The number of carbonyl (C=O) groups excluding carboxylic acids is 1. The van der Waals surface area contributed by atoms with Gasteiger partial charge in [-0.15, -0.1) is 0 Å². The molecule has 0 aromatic heterocycles. The lowest BCUT2D eigenvalue weighted by atomic mass is 9.96. The second-order valence-electron chi connectivity index (χ2n) is 5.29. The molecular weight excluding hydrogens is 259 g/mol. The first-order chi connectivity index (χ1) is 9.52. The van der Waals surface area contributed by atoms with Crippen molar-refractivity contribution in [2.24, 2.45) is 5.92 Å². The molecule has 1 aromatic rings. The number of benzene rings is 1. The minimum Gasteiger partial charge on any atom is -0.389 e. The van der Waals surface area contributed by atoms with E-state index in [1.165, 1.54) is 6.07 Å². The number of hydrogen-bond donors (Lipinski definition) is 2. The average Bonchev–Trinajstić information content (AvgIpc) is 2.46. The molecule has 5 heteroatoms. The second kappa shape index (κ2) is 6.22. The van der Waals surface area contributed by atoms with Crippen LogP contribution in [0.15, 0.2) is 18.2 Å². The summed E-state index contributed by atoms with van der Waals surface area (Å²) in [5, 5.41) is 12.1. The van der Waals surface area contributed by atoms with Crippen LogP contribution in [0.5, 0.6) is 0 Å². The van der Waals surface area contributed by atoms with Crippen LogP contribution >= 0.6 is 0 Å². The Morgan fingerprint density at radius 1 is 1.55 bits per heavy atom. The van der Waals surface area contributed by atoms with Crippen molar-refractivity contribution in [1.29, 1.82) is 0 Å². The summed E-state index contributed by atoms with van der Waals surface area (Å²) in [6.07, 6.45) is 1.03. The number of nitrogens with one attached hydrogen (secondary N) is 1. The highest BCUT2D eigenvalue weighted by atomic mass is 19.1. The van der Waals surface area contributed by atoms with Crippen LogP contribution < -0.4 is 10.2 Å². The van der Waals surface area contributed by atoms with E-state index in [0.717, 1.165) is 19.4 Å². The third-order valence-electron chi connectivity index (χ3n) is 3.83. The number of aliphatic hydroxyl groups is 1. The summed E-state index contributed by atoms with van der Waals surface area (Å²) in [5.41, 5.74) is 1.06. The van der Waals surface area contributed by atoms with Crippen LogP contribution in [0.1, 0.15) is 31.4 Å². The van der Waals surface area contributed by atoms with Gasteiger partial charge in [0.15, 0.2) is 0 Å². The third-order valence-corrected chi connectivity index (χ3v) is 3.83. The Morgan fingerprint density at radius 3 is 2.90 bits per heavy atom. The van der Waals surface area contributed by atoms with Gasteiger partial charge in [0.1, 0.15) is 5.82 Å². The molecule has 1 aliphatic heterocycles. The highest BCUT2D eigenvalue weighted by Crippen LogP contribution is 2.27. The van der Waals surface area contributed by atoms with Gasteiger partial charge in [-0.25, -0.2) is 4.39 Å². The van der Waals surface area contributed by atoms with Crippen molar-refractivity contribution in [2.45, 2.75) is 25.9 Å². The predicted octanol–water partition coefficient (Wildman–Crippen LogP) is 1.84. The quantitative estimate of drug-likeness (QED) is 0.888. The Balaban J connectivity index is 2.17. The molecular formula is C15H21FN2O2. The van der Waals surface area contributed by atoms with E-state index in [2.05, 4.69) is 5.32 Å². The molecule has 0 aliphatic carbocycles. The smallest absolute Gasteiger partial charge is 0.224 e. The minimum absolute atomic E-state index is 0.00992. The van der Waals surface area contributed by atoms with Gasteiger partial charge in [0.25, 0.3) is 0 Å². The number of carbonyl (C=O) groups is 1. The Labute approximate surface area is 118 Å². The van der Waals surface area contributed by atoms with Crippen molar-refractivity contribution < 1.29 is 14.3 Å². The fraction of sp³-hybridized carbons (Fsp3) is 0.533. The lowest BCUT2D eigenvalue weighted by molar-refractivity contribution is -0.124. The van der Waals surface area contributed by atoms with Crippen molar-refractivity contribution in [1.82, 2.24) is 5.32 Å². The molecule has 0 saturated carbocycles. The molecule has 1 amide bonds. The first kappa shape index (κ1) is 14.8. The lowest BCUT2D eigenvalue weighted by Crippen LogP contribution is -2.42. The zero-order chi connectivity index (χ0) is 14.7. The third kappa shape index (κ3) is 3.10. The van der Waals surface area contributed by atoms with Crippen molar-refractivity contribution >= 4 is 11.6 Å². The number of anilines is 1. The van der Waals surface area contributed by atoms with Gasteiger partial charge in [-0.3, -0.25) is 4.79 Å². The van der Waals surface area contributed by atoms with E-state index >= 15 is 0 Å². The number of nitrogens with zero attached hydrogens (tertiary/aromatic N) is 1. The van der Waals surface area contributed by atoms with E-state index in [1.807, 2.05) is 4.90 Å². The molecule has 1 saturated heterocycles. The van der Waals surface area contributed by atoms with E-state index in [0.29, 0.717) is 17.8 Å². The van der Waals surface area contributed by atoms with Gasteiger partial charge in [-0.2, -0.15) is 0 Å². The standard InChI is InChI=1S/C15H21FN2O2/c1-10(19)11-5-6-14(13(16)8-11)18-7-3-4-12(9-18)15(20)17-2/h5-6,8,10,12,19H,3-4,7,9H2,1-2H3,(H,17,20). The predicted molar refractivity (Wildman–Crippen MR) is 76.0 cm³/mol. The monoisotopic (exact) mass is 280 g/mol. The molecule has 2 unspecified atom stereocenters. The summed E-state index contributed by atoms with van der Waals surface area (Å²) in [6, 6.07) is 4.78. The molecule has 0 spiro atoms. The molecule has 1 aromatic carbocycles. The van der Waals surface area contributed by atoms with Crippen molar-refractivity contribution in [2.75, 3.05) is 25.0 Å². The van der Waals surface area contributed by atoms with Gasteiger partial charge in [-0.05, 0) is 37.5 Å². The first-order valence-electron chi connectivity index (χ1n) is 6.97. The molecule has 2 rings (SSSR count). The first-order valence-corrected chi connectivity index (χ1v) is 6.97. The van der Waals surface area contributed by atoms with Gasteiger partial charge in [0.2, 0.25) is 5.91 Å². The maximum atomic E-state index is 14.2. The Morgan fingerprint density at radius 2 is 2.30 bits per heavy atom. The minimum atomic E-state index is -0.682. The number of halogens is 1. The van der Waals surface area contributed by atoms with Gasteiger partial charge >= 0.3 is 0 Å². The Bertz CT molecular complexity index is 491. The number of piperidine rings is 1. The summed E-state index contributed by atoms with van der Waals surface area (Å²) in [6.45, 7) is 2.89. The van der Waals surface area contributed by atoms with Crippen molar-refractivity contribution in [3.8, 4) is 0 Å². The van der Waals surface area contributed by atoms with Crippen LogP contribution in [0, 0.1) is 11.7 Å². The van der Waals surface area contributed by atoms with E-state index in [4.69, 9.17) is 0 Å². The summed E-state index contributed by atoms with van der Waals surface area (Å²) < 4.78 is 14.2. The van der Waals surface area contributed by atoms with Crippen LogP contribution in [0.4, 0.5) is 10.1 Å². The fourth-order valence-corrected chi connectivity index (χ4v) is 2.65. The molecule has 1 aliphatic rings. The molecule has 0 bridgehead atoms. The van der Waals surface area contributed by atoms with E-state index in [-0.39, 0.29) is 17.6 Å². The van der Waals surface area contributed by atoms with Crippen LogP contribution in [0.25, 0.3) is 0 Å². The zero-order valence-corrected chi connectivity index (χ0v) is 11.9. The average molecular weight is 280 g/mol. The fourth-order valence-electron chi connectivity index (χ4n) is 2.65. The van der Waals surface area contributed by atoms with Crippen molar-refractivity contribution in [3.63, 3.8) is 0 Å². The summed E-state index contributed by atoms with van der Waals surface area (Å²) in [7, 11) is 1.62. The molecule has 20 heavy (non-hydrogen) atoms. The second-order valence-corrected chi connectivity index (χ2v) is 5.29. The maximum Gasteiger partial charge on any atom is 0.224 e. The van der Waals surface area contributed by atoms with Crippen molar-refractivity contribution in [3.05, 3.63) is 29.6 Å². The summed E-state index contributed by atoms with van der Waals surface area (Å²) in [5.74, 6) is -0.429. The number of rotatable bonds is 3. The number of hydrogen-bond acceptors (Lipinski definition) is 3. The van der Waals surface area contributed by atoms with Gasteiger partial charge in [0, 0.05) is 20.1 Å². The van der Waals surface area contributed by atoms with Crippen LogP contribution in [0.3, 0.4) is 0 Å². The molecule has 0 radical (unpaired) electrons. The summed E-state index contributed by atoms with van der Waals surface area (Å²) in [4.78, 5) is 13.6. The van der Waals surface area contributed by atoms with Crippen LogP contribution in [-0.2, 0) is 4.79 Å². The van der Waals surface area contributed by atoms with Gasteiger partial charge in [0.05, 0.1) is 17.7 Å². The maximum absolute atomic E-state index is 14.2. The highest BCUT2D eigenvalue weighted by molar-refractivity contribution is 5.79. The number of amides is 1. The Kier molecular flexibility index (Phi) is 4.60. The van der Waals surface area contributed by atoms with Gasteiger partial charge < -0.3 is 15.3 Å². The zero-order valence-electron chi connectivity index (χ0n) is 11.9. The number of aliphatic hydroxyl groups excluding tert-OH is 1.